The van der Waals surface area contributed by atoms with E-state index in [2.05, 4.69) is 15.1 Å². The number of methoxy groups -OCH3 is 1. The number of non-ortho nitro benzene ring substituents is 1. The van der Waals surface area contributed by atoms with E-state index in [4.69, 9.17) is 9.47 Å². The number of sulfonamides is 1. The lowest BCUT2D eigenvalue weighted by atomic mass is 10.2. The quantitative estimate of drug-likeness (QED) is 0.211. The Bertz CT molecular complexity index is 1340. The van der Waals surface area contributed by atoms with Crippen molar-refractivity contribution in [2.75, 3.05) is 26.8 Å². The number of nitro groups is 1. The number of amides is 1. The summed E-state index contributed by atoms with van der Waals surface area (Å²) in [5.74, 6) is -0.542. The maximum absolute atomic E-state index is 13.0. The Morgan fingerprint density at radius 2 is 1.89 bits per heavy atom. The monoisotopic (exact) mass is 517 g/mol. The number of nitro benzene ring substituents is 1. The molecule has 12 nitrogen and oxygen atoms in total. The molecule has 1 heterocycles. The van der Waals surface area contributed by atoms with Gasteiger partial charge in [-0.1, -0.05) is 25.1 Å². The molecule has 0 aliphatic carbocycles. The number of nitrogens with one attached hydrogen (secondary N) is 2. The predicted octanol–water partition coefficient (Wildman–Crippen LogP) is 2.95. The number of hydrogen-bond acceptors (Lipinski definition) is 8. The molecule has 192 valence electrons. The fourth-order valence-electron chi connectivity index (χ4n) is 3.23. The van der Waals surface area contributed by atoms with E-state index in [-0.39, 0.29) is 30.4 Å². The number of carbonyl (C=O) groups excluding carboxylic acids is 1. The highest BCUT2D eigenvalue weighted by molar-refractivity contribution is 7.89. The molecule has 3 aromatic rings. The Balaban J connectivity index is 2.13. The first-order chi connectivity index (χ1) is 17.2. The van der Waals surface area contributed by atoms with Gasteiger partial charge in [0, 0.05) is 37.9 Å². The van der Waals surface area contributed by atoms with Gasteiger partial charge in [-0.2, -0.15) is 9.78 Å². The molecule has 0 unspecified atom stereocenters. The molecule has 2 N–H and O–H groups in total. The van der Waals surface area contributed by atoms with Crippen molar-refractivity contribution in [1.82, 2.24) is 19.8 Å². The SMILES string of the molecule is CCCNS(=O)(=O)c1cc([N+](=O)[O-])ccc1Oc1c(C)c(C(=O)NCCOC)nn1-c1ccccc1. The molecule has 0 saturated heterocycles. The Kier molecular flexibility index (Phi) is 8.74. The van der Waals surface area contributed by atoms with Crippen LogP contribution in [0.25, 0.3) is 5.69 Å². The summed E-state index contributed by atoms with van der Waals surface area (Å²) < 4.78 is 40.7. The maximum atomic E-state index is 13.0. The minimum Gasteiger partial charge on any atom is -0.437 e. The Labute approximate surface area is 208 Å². The van der Waals surface area contributed by atoms with Crippen molar-refractivity contribution in [2.24, 2.45) is 0 Å². The second kappa shape index (κ2) is 11.7. The van der Waals surface area contributed by atoms with Crippen LogP contribution in [0.1, 0.15) is 29.4 Å². The minimum absolute atomic E-state index is 0.0698. The van der Waals surface area contributed by atoms with Crippen LogP contribution < -0.4 is 14.8 Å². The fourth-order valence-corrected chi connectivity index (χ4v) is 4.51. The summed E-state index contributed by atoms with van der Waals surface area (Å²) in [6.45, 7) is 4.10. The van der Waals surface area contributed by atoms with Gasteiger partial charge in [0.15, 0.2) is 5.69 Å². The van der Waals surface area contributed by atoms with E-state index in [1.807, 2.05) is 0 Å². The highest BCUT2D eigenvalue weighted by atomic mass is 32.2. The Hall–Kier alpha value is -3.81. The van der Waals surface area contributed by atoms with Crippen LogP contribution >= 0.6 is 0 Å². The van der Waals surface area contributed by atoms with Crippen molar-refractivity contribution in [3.63, 3.8) is 0 Å². The third-order valence-corrected chi connectivity index (χ3v) is 6.53. The number of aromatic nitrogens is 2. The smallest absolute Gasteiger partial charge is 0.272 e. The lowest BCUT2D eigenvalue weighted by Gasteiger charge is -2.14. The van der Waals surface area contributed by atoms with Crippen LogP contribution in [0, 0.1) is 17.0 Å². The first-order valence-corrected chi connectivity index (χ1v) is 12.6. The largest absolute Gasteiger partial charge is 0.437 e. The second-order valence-electron chi connectivity index (χ2n) is 7.66. The number of carbonyl (C=O) groups is 1. The number of rotatable bonds is 12. The molecule has 1 amide bonds. The molecule has 0 bridgehead atoms. The van der Waals surface area contributed by atoms with E-state index in [0.717, 1.165) is 12.1 Å². The van der Waals surface area contributed by atoms with Crippen LogP contribution in [-0.2, 0) is 14.8 Å². The first kappa shape index (κ1) is 26.8. The number of benzene rings is 2. The van der Waals surface area contributed by atoms with Gasteiger partial charge in [-0.25, -0.2) is 13.1 Å². The topological polar surface area (TPSA) is 155 Å². The normalized spacial score (nSPS) is 11.3. The van der Waals surface area contributed by atoms with Crippen LogP contribution in [0.3, 0.4) is 0 Å². The Morgan fingerprint density at radius 1 is 1.17 bits per heavy atom. The van der Waals surface area contributed by atoms with E-state index in [1.54, 1.807) is 44.2 Å². The summed E-state index contributed by atoms with van der Waals surface area (Å²) in [7, 11) is -2.63. The van der Waals surface area contributed by atoms with Crippen LogP contribution in [0.5, 0.6) is 11.6 Å². The highest BCUT2D eigenvalue weighted by Crippen LogP contribution is 2.35. The molecule has 3 rings (SSSR count). The average molecular weight is 518 g/mol. The van der Waals surface area contributed by atoms with Gasteiger partial charge < -0.3 is 14.8 Å². The van der Waals surface area contributed by atoms with Gasteiger partial charge in [-0.15, -0.1) is 0 Å². The lowest BCUT2D eigenvalue weighted by molar-refractivity contribution is -0.385. The maximum Gasteiger partial charge on any atom is 0.272 e. The molecule has 0 saturated carbocycles. The summed E-state index contributed by atoms with van der Waals surface area (Å²) in [6, 6.07) is 12.1. The minimum atomic E-state index is -4.15. The van der Waals surface area contributed by atoms with Crippen molar-refractivity contribution >= 4 is 21.6 Å². The van der Waals surface area contributed by atoms with Crippen molar-refractivity contribution in [3.05, 3.63) is 69.9 Å². The number of para-hydroxylation sites is 1. The van der Waals surface area contributed by atoms with Crippen molar-refractivity contribution in [1.29, 1.82) is 0 Å². The lowest BCUT2D eigenvalue weighted by Crippen LogP contribution is -2.27. The highest BCUT2D eigenvalue weighted by Gasteiger charge is 2.27. The van der Waals surface area contributed by atoms with E-state index in [1.165, 1.54) is 17.9 Å². The van der Waals surface area contributed by atoms with Gasteiger partial charge in [0.2, 0.25) is 15.9 Å². The molecule has 0 radical (unpaired) electrons. The van der Waals surface area contributed by atoms with Gasteiger partial charge >= 0.3 is 0 Å². The molecule has 0 spiro atoms. The third kappa shape index (κ3) is 6.05. The zero-order valence-corrected chi connectivity index (χ0v) is 20.9. The number of ether oxygens (including phenoxy) is 2. The standard InChI is InChI=1S/C23H27N5O7S/c1-4-12-25-36(32,33)20-15-18(28(30)31)10-11-19(20)35-23-16(2)21(22(29)24-13-14-34-3)26-27(23)17-8-6-5-7-9-17/h5-11,15,25H,4,12-14H2,1-3H3,(H,24,29). The summed E-state index contributed by atoms with van der Waals surface area (Å²) in [5.41, 5.74) is 0.560. The molecular formula is C23H27N5O7S. The summed E-state index contributed by atoms with van der Waals surface area (Å²) >= 11 is 0. The first-order valence-electron chi connectivity index (χ1n) is 11.1. The van der Waals surface area contributed by atoms with Crippen LogP contribution in [0.2, 0.25) is 0 Å². The molecular weight excluding hydrogens is 490 g/mol. The van der Waals surface area contributed by atoms with E-state index in [9.17, 15) is 23.3 Å². The van der Waals surface area contributed by atoms with Crippen molar-refractivity contribution in [3.8, 4) is 17.3 Å². The second-order valence-corrected chi connectivity index (χ2v) is 9.40. The van der Waals surface area contributed by atoms with Gasteiger partial charge in [0.1, 0.15) is 10.6 Å². The van der Waals surface area contributed by atoms with Crippen LogP contribution in [0.15, 0.2) is 53.4 Å². The van der Waals surface area contributed by atoms with Crippen LogP contribution in [0.4, 0.5) is 5.69 Å². The molecule has 2 aromatic carbocycles. The summed E-state index contributed by atoms with van der Waals surface area (Å²) in [5, 5.41) is 18.4. The van der Waals surface area contributed by atoms with Gasteiger partial charge in [0.25, 0.3) is 11.6 Å². The van der Waals surface area contributed by atoms with E-state index in [0.29, 0.717) is 24.3 Å². The number of hydrogen-bond donors (Lipinski definition) is 2. The molecule has 0 aliphatic rings. The molecule has 0 atom stereocenters. The Morgan fingerprint density at radius 3 is 2.53 bits per heavy atom. The number of nitrogens with zero attached hydrogens (tertiary/aromatic N) is 3. The van der Waals surface area contributed by atoms with Gasteiger partial charge in [-0.3, -0.25) is 14.9 Å². The van der Waals surface area contributed by atoms with Gasteiger partial charge in [0.05, 0.1) is 17.2 Å². The molecule has 1 aromatic heterocycles. The van der Waals surface area contributed by atoms with Gasteiger partial charge in [-0.05, 0) is 31.5 Å². The van der Waals surface area contributed by atoms with E-state index >= 15 is 0 Å². The summed E-state index contributed by atoms with van der Waals surface area (Å²) in [6.07, 6.45) is 0.520. The summed E-state index contributed by atoms with van der Waals surface area (Å²) in [4.78, 5) is 23.0. The third-order valence-electron chi connectivity index (χ3n) is 5.05. The molecule has 0 fully saturated rings. The predicted molar refractivity (Wildman–Crippen MR) is 131 cm³/mol. The average Bonchev–Trinajstić information content (AvgIpc) is 3.19. The van der Waals surface area contributed by atoms with Crippen LogP contribution in [-0.4, -0.2) is 55.8 Å². The fraction of sp³-hybridized carbons (Fsp3) is 0.304. The molecule has 13 heteroatoms. The van der Waals surface area contributed by atoms with Crippen molar-refractivity contribution < 1.29 is 27.6 Å². The zero-order chi connectivity index (χ0) is 26.3. The molecule has 36 heavy (non-hydrogen) atoms. The zero-order valence-electron chi connectivity index (χ0n) is 20.1. The van der Waals surface area contributed by atoms with E-state index < -0.39 is 31.4 Å². The van der Waals surface area contributed by atoms with Crippen molar-refractivity contribution in [2.45, 2.75) is 25.2 Å². The molecule has 0 aliphatic heterocycles.